The first kappa shape index (κ1) is 17.5. The Morgan fingerprint density at radius 3 is 2.68 bits per heavy atom. The second-order valence-electron chi connectivity index (χ2n) is 7.25. The van der Waals surface area contributed by atoms with Gasteiger partial charge in [-0.05, 0) is 6.42 Å². The smallest absolute Gasteiger partial charge is 0.315 e. The fourth-order valence-corrected chi connectivity index (χ4v) is 3.59. The Labute approximate surface area is 150 Å². The molecule has 134 valence electrons. The quantitative estimate of drug-likeness (QED) is 0.818. The molecule has 25 heavy (non-hydrogen) atoms. The van der Waals surface area contributed by atoms with Crippen LogP contribution in [0.2, 0.25) is 0 Å². The Morgan fingerprint density at radius 2 is 2.08 bits per heavy atom. The minimum atomic E-state index is -0.669. The van der Waals surface area contributed by atoms with E-state index >= 15 is 0 Å². The minimum Gasteiger partial charge on any atom is -0.338 e. The van der Waals surface area contributed by atoms with Crippen LogP contribution in [0, 0.1) is 0 Å². The Hall–Kier alpha value is -2.29. The molecule has 3 rings (SSSR count). The van der Waals surface area contributed by atoms with Crippen molar-refractivity contribution in [2.45, 2.75) is 38.5 Å². The molecule has 1 N–H and O–H groups in total. The summed E-state index contributed by atoms with van der Waals surface area (Å²) in [6.07, 6.45) is 4.43. The van der Waals surface area contributed by atoms with Crippen LogP contribution in [0.25, 0.3) is 0 Å². The third-order valence-electron chi connectivity index (χ3n) is 4.18. The monoisotopic (exact) mass is 362 g/mol. The van der Waals surface area contributed by atoms with Crippen LogP contribution in [0.15, 0.2) is 12.4 Å². The van der Waals surface area contributed by atoms with Crippen LogP contribution in [0.5, 0.6) is 0 Å². The number of rotatable bonds is 2. The maximum atomic E-state index is 12.4. The van der Waals surface area contributed by atoms with Gasteiger partial charge in [-0.25, -0.2) is 4.98 Å². The van der Waals surface area contributed by atoms with Gasteiger partial charge in [-0.2, -0.15) is 0 Å². The number of carbonyl (C=O) groups excluding carboxylic acids is 2. The number of hydrogen-bond acceptors (Lipinski definition) is 6. The number of nitrogens with zero attached hydrogens (tertiary/aromatic N) is 5. The first-order valence-corrected chi connectivity index (χ1v) is 8.99. The van der Waals surface area contributed by atoms with Crippen molar-refractivity contribution >= 4 is 28.3 Å². The van der Waals surface area contributed by atoms with Gasteiger partial charge in [0, 0.05) is 43.9 Å². The lowest BCUT2D eigenvalue weighted by atomic mass is 9.98. The molecule has 8 nitrogen and oxygen atoms in total. The predicted molar refractivity (Wildman–Crippen MR) is 94.4 cm³/mol. The molecule has 1 aliphatic heterocycles. The van der Waals surface area contributed by atoms with Crippen LogP contribution >= 0.6 is 11.3 Å². The molecule has 0 radical (unpaired) electrons. The number of aromatic nitrogens is 4. The van der Waals surface area contributed by atoms with Crippen molar-refractivity contribution in [1.82, 2.24) is 24.6 Å². The fraction of sp³-hybridized carbons (Fsp3) is 0.562. The fourth-order valence-electron chi connectivity index (χ4n) is 2.80. The first-order valence-electron chi connectivity index (χ1n) is 8.17. The lowest BCUT2D eigenvalue weighted by Crippen LogP contribution is -2.38. The molecule has 2 aromatic rings. The standard InChI is InChI=1S/C16H22N6O2S/c1-16(2,3)14-19-20-15(25-14)18-12(23)13(24)22-7-5-10(9-22)11-17-6-8-21(11)4/h6,8,10H,5,7,9H2,1-4H3,(H,18,20,23). The molecule has 0 saturated carbocycles. The van der Waals surface area contributed by atoms with Gasteiger partial charge in [0.1, 0.15) is 10.8 Å². The van der Waals surface area contributed by atoms with Crippen molar-refractivity contribution in [3.05, 3.63) is 23.2 Å². The van der Waals surface area contributed by atoms with Crippen LogP contribution < -0.4 is 5.32 Å². The maximum absolute atomic E-state index is 12.4. The highest BCUT2D eigenvalue weighted by Gasteiger charge is 2.33. The van der Waals surface area contributed by atoms with Gasteiger partial charge in [0.15, 0.2) is 0 Å². The van der Waals surface area contributed by atoms with Gasteiger partial charge in [-0.1, -0.05) is 32.1 Å². The third kappa shape index (κ3) is 3.71. The van der Waals surface area contributed by atoms with E-state index in [-0.39, 0.29) is 11.3 Å². The molecular formula is C16H22N6O2S. The van der Waals surface area contributed by atoms with Crippen molar-refractivity contribution in [2.24, 2.45) is 7.05 Å². The van der Waals surface area contributed by atoms with Gasteiger partial charge >= 0.3 is 11.8 Å². The summed E-state index contributed by atoms with van der Waals surface area (Å²) in [6.45, 7) is 7.11. The predicted octanol–water partition coefficient (Wildman–Crippen LogP) is 1.52. The highest BCUT2D eigenvalue weighted by molar-refractivity contribution is 7.15. The Bertz CT molecular complexity index is 791. The molecule has 2 amide bonds. The van der Waals surface area contributed by atoms with Crippen molar-refractivity contribution in [3.8, 4) is 0 Å². The van der Waals surface area contributed by atoms with Crippen LogP contribution in [-0.4, -0.2) is 49.6 Å². The lowest BCUT2D eigenvalue weighted by molar-refractivity contribution is -0.142. The number of aryl methyl sites for hydroxylation is 1. The van der Waals surface area contributed by atoms with E-state index in [2.05, 4.69) is 20.5 Å². The average molecular weight is 362 g/mol. The summed E-state index contributed by atoms with van der Waals surface area (Å²) in [5.74, 6) is -0.109. The zero-order valence-corrected chi connectivity index (χ0v) is 15.6. The number of nitrogens with one attached hydrogen (secondary N) is 1. The first-order chi connectivity index (χ1) is 11.8. The summed E-state index contributed by atoms with van der Waals surface area (Å²) in [7, 11) is 1.93. The van der Waals surface area contributed by atoms with Gasteiger partial charge in [0.2, 0.25) is 5.13 Å². The second kappa shape index (κ2) is 6.55. The van der Waals surface area contributed by atoms with Crippen molar-refractivity contribution in [2.75, 3.05) is 18.4 Å². The number of carbonyl (C=O) groups is 2. The summed E-state index contributed by atoms with van der Waals surface area (Å²) in [4.78, 5) is 30.5. The van der Waals surface area contributed by atoms with Gasteiger partial charge < -0.3 is 9.47 Å². The van der Waals surface area contributed by atoms with E-state index in [0.717, 1.165) is 17.3 Å². The van der Waals surface area contributed by atoms with Crippen LogP contribution in [0.4, 0.5) is 5.13 Å². The van der Waals surface area contributed by atoms with E-state index in [1.165, 1.54) is 11.3 Å². The number of likely N-dealkylation sites (tertiary alicyclic amines) is 1. The molecular weight excluding hydrogens is 340 g/mol. The average Bonchev–Trinajstić information content (AvgIpc) is 3.25. The molecule has 1 unspecified atom stereocenters. The zero-order chi connectivity index (χ0) is 18.2. The molecule has 0 spiro atoms. The SMILES string of the molecule is Cn1ccnc1C1CCN(C(=O)C(=O)Nc2nnc(C(C)(C)C)s2)C1. The molecule has 1 atom stereocenters. The van der Waals surface area contributed by atoms with E-state index in [1.54, 1.807) is 11.1 Å². The molecule has 2 aromatic heterocycles. The van der Waals surface area contributed by atoms with E-state index in [4.69, 9.17) is 0 Å². The molecule has 1 fully saturated rings. The molecule has 1 aliphatic rings. The van der Waals surface area contributed by atoms with Gasteiger partial charge in [-0.3, -0.25) is 14.9 Å². The van der Waals surface area contributed by atoms with Crippen LogP contribution in [-0.2, 0) is 22.1 Å². The number of imidazole rings is 1. The second-order valence-corrected chi connectivity index (χ2v) is 8.23. The van der Waals surface area contributed by atoms with E-state index in [9.17, 15) is 9.59 Å². The van der Waals surface area contributed by atoms with Crippen LogP contribution in [0.1, 0.15) is 43.9 Å². The zero-order valence-electron chi connectivity index (χ0n) is 14.8. The summed E-state index contributed by atoms with van der Waals surface area (Å²) in [5, 5.41) is 11.7. The molecule has 9 heteroatoms. The normalized spacial score (nSPS) is 17.8. The number of anilines is 1. The Morgan fingerprint density at radius 1 is 1.32 bits per heavy atom. The van der Waals surface area contributed by atoms with Gasteiger partial charge in [0.05, 0.1) is 0 Å². The van der Waals surface area contributed by atoms with Crippen molar-refractivity contribution in [3.63, 3.8) is 0 Å². The Kier molecular flexibility index (Phi) is 4.59. The number of amides is 2. The summed E-state index contributed by atoms with van der Waals surface area (Å²) >= 11 is 1.29. The molecule has 0 aromatic carbocycles. The van der Waals surface area contributed by atoms with E-state index in [1.807, 2.05) is 38.6 Å². The van der Waals surface area contributed by atoms with E-state index < -0.39 is 11.8 Å². The molecule has 0 bridgehead atoms. The minimum absolute atomic E-state index is 0.144. The Balaban J connectivity index is 1.61. The summed E-state index contributed by atoms with van der Waals surface area (Å²) < 4.78 is 1.95. The topological polar surface area (TPSA) is 93.0 Å². The van der Waals surface area contributed by atoms with E-state index in [0.29, 0.717) is 18.2 Å². The lowest BCUT2D eigenvalue weighted by Gasteiger charge is -2.15. The molecule has 0 aliphatic carbocycles. The van der Waals surface area contributed by atoms with Gasteiger partial charge in [0.25, 0.3) is 0 Å². The van der Waals surface area contributed by atoms with Crippen molar-refractivity contribution in [1.29, 1.82) is 0 Å². The third-order valence-corrected chi connectivity index (χ3v) is 5.44. The number of hydrogen-bond donors (Lipinski definition) is 1. The van der Waals surface area contributed by atoms with Crippen molar-refractivity contribution < 1.29 is 9.59 Å². The molecule has 1 saturated heterocycles. The van der Waals surface area contributed by atoms with Crippen LogP contribution in [0.3, 0.4) is 0 Å². The summed E-state index contributed by atoms with van der Waals surface area (Å²) in [6, 6.07) is 0. The maximum Gasteiger partial charge on any atom is 0.315 e. The largest absolute Gasteiger partial charge is 0.338 e. The van der Waals surface area contributed by atoms with Gasteiger partial charge in [-0.15, -0.1) is 10.2 Å². The summed E-state index contributed by atoms with van der Waals surface area (Å²) in [5.41, 5.74) is -0.144. The highest BCUT2D eigenvalue weighted by atomic mass is 32.1. The highest BCUT2D eigenvalue weighted by Crippen LogP contribution is 2.28. The molecule has 3 heterocycles.